The molecular weight excluding hydrogens is 502 g/mol. The quantitative estimate of drug-likeness (QED) is 0.411. The molecule has 4 rings (SSSR count). The fourth-order valence-electron chi connectivity index (χ4n) is 4.62. The second kappa shape index (κ2) is 12.3. The molecule has 1 amide bonds. The predicted octanol–water partition coefficient (Wildman–Crippen LogP) is 4.44. The number of hydrogen-bond donors (Lipinski definition) is 1. The number of anilines is 1. The highest BCUT2D eigenvalue weighted by atomic mass is 32.2. The third kappa shape index (κ3) is 6.28. The third-order valence-corrected chi connectivity index (χ3v) is 8.69. The highest BCUT2D eigenvalue weighted by Gasteiger charge is 2.23. The van der Waals surface area contributed by atoms with Crippen LogP contribution in [-0.4, -0.2) is 53.6 Å². The number of ether oxygens (including phenoxy) is 2. The zero-order chi connectivity index (χ0) is 27.1. The van der Waals surface area contributed by atoms with Crippen molar-refractivity contribution in [2.24, 2.45) is 0 Å². The van der Waals surface area contributed by atoms with E-state index in [0.29, 0.717) is 29.3 Å². The van der Waals surface area contributed by atoms with Gasteiger partial charge in [0.25, 0.3) is 15.9 Å². The summed E-state index contributed by atoms with van der Waals surface area (Å²) in [6.07, 6.45) is 3.77. The van der Waals surface area contributed by atoms with Gasteiger partial charge in [-0.15, -0.1) is 0 Å². The number of methoxy groups -OCH3 is 2. The number of likely N-dealkylation sites (tertiary alicyclic amines) is 1. The van der Waals surface area contributed by atoms with Gasteiger partial charge in [0.15, 0.2) is 11.5 Å². The molecule has 0 aromatic heterocycles. The van der Waals surface area contributed by atoms with Crippen LogP contribution in [0, 0.1) is 0 Å². The van der Waals surface area contributed by atoms with Gasteiger partial charge in [0.05, 0.1) is 24.8 Å². The van der Waals surface area contributed by atoms with E-state index in [0.717, 1.165) is 25.2 Å². The van der Waals surface area contributed by atoms with Crippen LogP contribution < -0.4 is 19.1 Å². The van der Waals surface area contributed by atoms with Gasteiger partial charge < -0.3 is 14.8 Å². The Morgan fingerprint density at radius 3 is 2.21 bits per heavy atom. The summed E-state index contributed by atoms with van der Waals surface area (Å²) in [5, 5.41) is 3.01. The SMILES string of the molecule is COc1ccc(S(=O)(=O)N(C)c2ccc(C(=O)NCc3ccccc3CN3CCCCC3)cc2)cc1OC. The number of amides is 1. The first-order chi connectivity index (χ1) is 18.3. The van der Waals surface area contributed by atoms with E-state index in [9.17, 15) is 13.2 Å². The lowest BCUT2D eigenvalue weighted by molar-refractivity contribution is 0.0950. The molecule has 3 aromatic rings. The van der Waals surface area contributed by atoms with E-state index in [-0.39, 0.29) is 10.8 Å². The number of piperidine rings is 1. The van der Waals surface area contributed by atoms with Crippen molar-refractivity contribution in [2.45, 2.75) is 37.2 Å². The van der Waals surface area contributed by atoms with E-state index < -0.39 is 10.0 Å². The number of rotatable bonds is 10. The minimum Gasteiger partial charge on any atom is -0.493 e. The molecule has 0 spiro atoms. The zero-order valence-electron chi connectivity index (χ0n) is 22.1. The number of sulfonamides is 1. The lowest BCUT2D eigenvalue weighted by Gasteiger charge is -2.27. The average molecular weight is 538 g/mol. The maximum absolute atomic E-state index is 13.2. The first kappa shape index (κ1) is 27.5. The Bertz CT molecular complexity index is 1350. The molecule has 1 saturated heterocycles. The summed E-state index contributed by atoms with van der Waals surface area (Å²) in [6, 6.07) is 19.2. The number of benzene rings is 3. The second-order valence-corrected chi connectivity index (χ2v) is 11.3. The number of hydrogen-bond acceptors (Lipinski definition) is 6. The van der Waals surface area contributed by atoms with Crippen LogP contribution in [0.1, 0.15) is 40.7 Å². The summed E-state index contributed by atoms with van der Waals surface area (Å²) < 4.78 is 38.0. The Morgan fingerprint density at radius 1 is 0.895 bits per heavy atom. The van der Waals surface area contributed by atoms with Crippen LogP contribution in [0.5, 0.6) is 11.5 Å². The molecular formula is C29H35N3O5S. The van der Waals surface area contributed by atoms with Gasteiger partial charge in [0.1, 0.15) is 0 Å². The van der Waals surface area contributed by atoms with E-state index in [2.05, 4.69) is 22.3 Å². The molecule has 1 N–H and O–H groups in total. The van der Waals surface area contributed by atoms with Crippen molar-refractivity contribution in [3.8, 4) is 11.5 Å². The van der Waals surface area contributed by atoms with Crippen molar-refractivity contribution in [1.82, 2.24) is 10.2 Å². The Labute approximate surface area is 225 Å². The van der Waals surface area contributed by atoms with E-state index in [4.69, 9.17) is 9.47 Å². The minimum atomic E-state index is -3.85. The molecule has 38 heavy (non-hydrogen) atoms. The molecule has 8 nitrogen and oxygen atoms in total. The highest BCUT2D eigenvalue weighted by Crippen LogP contribution is 2.31. The van der Waals surface area contributed by atoms with Crippen molar-refractivity contribution >= 4 is 21.6 Å². The van der Waals surface area contributed by atoms with Crippen LogP contribution in [0.3, 0.4) is 0 Å². The van der Waals surface area contributed by atoms with E-state index in [1.807, 2.05) is 12.1 Å². The molecule has 0 radical (unpaired) electrons. The van der Waals surface area contributed by atoms with Crippen LogP contribution in [-0.2, 0) is 23.1 Å². The highest BCUT2D eigenvalue weighted by molar-refractivity contribution is 7.92. The van der Waals surface area contributed by atoms with Gasteiger partial charge in [-0.25, -0.2) is 8.42 Å². The monoisotopic (exact) mass is 537 g/mol. The fourth-order valence-corrected chi connectivity index (χ4v) is 5.83. The molecule has 0 saturated carbocycles. The molecule has 3 aromatic carbocycles. The maximum Gasteiger partial charge on any atom is 0.264 e. The van der Waals surface area contributed by atoms with Crippen LogP contribution in [0.4, 0.5) is 5.69 Å². The summed E-state index contributed by atoms with van der Waals surface area (Å²) in [4.78, 5) is 15.4. The second-order valence-electron chi connectivity index (χ2n) is 9.32. The van der Waals surface area contributed by atoms with Crippen LogP contribution in [0.15, 0.2) is 71.6 Å². The molecule has 0 aliphatic carbocycles. The van der Waals surface area contributed by atoms with Gasteiger partial charge in [-0.05, 0) is 73.5 Å². The standard InChI is InChI=1S/C29H35N3O5S/c1-31(38(34,35)26-15-16-27(36-2)28(19-26)37-3)25-13-11-22(12-14-25)29(33)30-20-23-9-5-6-10-24(23)21-32-17-7-4-8-18-32/h5-6,9-16,19H,4,7-8,17-18,20-21H2,1-3H3,(H,30,33). The molecule has 0 atom stereocenters. The number of carbonyl (C=O) groups excluding carboxylic acids is 1. The van der Waals surface area contributed by atoms with Gasteiger partial charge >= 0.3 is 0 Å². The smallest absolute Gasteiger partial charge is 0.264 e. The van der Waals surface area contributed by atoms with Gasteiger partial charge in [-0.1, -0.05) is 30.7 Å². The van der Waals surface area contributed by atoms with E-state index >= 15 is 0 Å². The van der Waals surface area contributed by atoms with Gasteiger partial charge in [-0.3, -0.25) is 14.0 Å². The van der Waals surface area contributed by atoms with E-state index in [1.165, 1.54) is 62.5 Å². The van der Waals surface area contributed by atoms with Crippen molar-refractivity contribution in [3.63, 3.8) is 0 Å². The minimum absolute atomic E-state index is 0.0719. The molecule has 202 valence electrons. The molecule has 0 unspecified atom stereocenters. The lowest BCUT2D eigenvalue weighted by Crippen LogP contribution is -2.30. The Balaban J connectivity index is 1.41. The Kier molecular flexibility index (Phi) is 8.91. The van der Waals surface area contributed by atoms with Crippen LogP contribution >= 0.6 is 0 Å². The topological polar surface area (TPSA) is 88.2 Å². The van der Waals surface area contributed by atoms with Gasteiger partial charge in [0.2, 0.25) is 0 Å². The maximum atomic E-state index is 13.2. The number of nitrogens with one attached hydrogen (secondary N) is 1. The van der Waals surface area contributed by atoms with Crippen LogP contribution in [0.25, 0.3) is 0 Å². The molecule has 1 fully saturated rings. The first-order valence-corrected chi connectivity index (χ1v) is 14.2. The van der Waals surface area contributed by atoms with Gasteiger partial charge in [-0.2, -0.15) is 0 Å². The molecule has 9 heteroatoms. The molecule has 1 aliphatic rings. The number of nitrogens with zero attached hydrogens (tertiary/aromatic N) is 2. The fraction of sp³-hybridized carbons (Fsp3) is 0.345. The van der Waals surface area contributed by atoms with E-state index in [1.54, 1.807) is 30.3 Å². The van der Waals surface area contributed by atoms with Crippen molar-refractivity contribution in [3.05, 3.63) is 83.4 Å². The summed E-state index contributed by atoms with van der Waals surface area (Å²) in [7, 11) is 0.564. The average Bonchev–Trinajstić information content (AvgIpc) is 2.96. The first-order valence-electron chi connectivity index (χ1n) is 12.7. The largest absolute Gasteiger partial charge is 0.493 e. The normalized spacial score (nSPS) is 14.1. The molecule has 1 aliphatic heterocycles. The zero-order valence-corrected chi connectivity index (χ0v) is 23.0. The lowest BCUT2D eigenvalue weighted by atomic mass is 10.0. The molecule has 0 bridgehead atoms. The number of carbonyl (C=O) groups is 1. The van der Waals surface area contributed by atoms with Crippen molar-refractivity contribution < 1.29 is 22.7 Å². The predicted molar refractivity (Wildman–Crippen MR) is 148 cm³/mol. The summed E-state index contributed by atoms with van der Waals surface area (Å²) >= 11 is 0. The van der Waals surface area contributed by atoms with Crippen molar-refractivity contribution in [1.29, 1.82) is 0 Å². The summed E-state index contributed by atoms with van der Waals surface area (Å²) in [6.45, 7) is 3.55. The van der Waals surface area contributed by atoms with Crippen molar-refractivity contribution in [2.75, 3.05) is 38.7 Å². The van der Waals surface area contributed by atoms with Gasteiger partial charge in [0, 0.05) is 31.8 Å². The third-order valence-electron chi connectivity index (χ3n) is 6.91. The molecule has 1 heterocycles. The van der Waals surface area contributed by atoms with Crippen LogP contribution in [0.2, 0.25) is 0 Å². The summed E-state index contributed by atoms with van der Waals surface area (Å²) in [5.74, 6) is 0.555. The Morgan fingerprint density at radius 2 is 1.55 bits per heavy atom. The Hall–Kier alpha value is -3.56. The summed E-state index contributed by atoms with van der Waals surface area (Å²) in [5.41, 5.74) is 3.22.